The molecule has 0 bridgehead atoms. The van der Waals surface area contributed by atoms with Gasteiger partial charge >= 0.3 is 5.97 Å². The number of ether oxygens (including phenoxy) is 1. The number of hydrogen-bond donors (Lipinski definition) is 2. The van der Waals surface area contributed by atoms with E-state index in [1.54, 1.807) is 6.92 Å². The summed E-state index contributed by atoms with van der Waals surface area (Å²) in [6.07, 6.45) is 4.74. The van der Waals surface area contributed by atoms with Gasteiger partial charge in [-0.3, -0.25) is 9.69 Å². The fourth-order valence-corrected chi connectivity index (χ4v) is 2.82. The molecule has 5 heteroatoms. The van der Waals surface area contributed by atoms with Crippen LogP contribution < -0.4 is 5.32 Å². The van der Waals surface area contributed by atoms with E-state index in [0.717, 1.165) is 58.5 Å². The van der Waals surface area contributed by atoms with E-state index in [4.69, 9.17) is 4.74 Å². The van der Waals surface area contributed by atoms with Gasteiger partial charge in [0.2, 0.25) is 0 Å². The van der Waals surface area contributed by atoms with E-state index in [1.165, 1.54) is 0 Å². The summed E-state index contributed by atoms with van der Waals surface area (Å²) in [6.45, 7) is 10.5. The molecule has 0 aromatic carbocycles. The zero-order chi connectivity index (χ0) is 15.7. The van der Waals surface area contributed by atoms with Crippen molar-refractivity contribution >= 4 is 5.97 Å². The van der Waals surface area contributed by atoms with Crippen molar-refractivity contribution in [2.24, 2.45) is 0 Å². The molecule has 21 heavy (non-hydrogen) atoms. The Hall–Kier alpha value is -0.650. The van der Waals surface area contributed by atoms with Crippen molar-refractivity contribution in [3.8, 4) is 0 Å². The Morgan fingerprint density at radius 3 is 2.81 bits per heavy atom. The summed E-state index contributed by atoms with van der Waals surface area (Å²) in [5, 5.41) is 12.6. The summed E-state index contributed by atoms with van der Waals surface area (Å²) in [4.78, 5) is 13.9. The van der Waals surface area contributed by atoms with Gasteiger partial charge in [-0.15, -0.1) is 0 Å². The third kappa shape index (κ3) is 5.93. The number of rotatable bonds is 10. The molecule has 1 saturated heterocycles. The molecule has 1 heterocycles. The molecule has 0 aliphatic carbocycles. The van der Waals surface area contributed by atoms with Crippen molar-refractivity contribution in [3.63, 3.8) is 0 Å². The first-order valence-electron chi connectivity index (χ1n) is 8.33. The van der Waals surface area contributed by atoms with Gasteiger partial charge in [0.1, 0.15) is 5.54 Å². The van der Waals surface area contributed by atoms with Crippen LogP contribution in [0.25, 0.3) is 0 Å². The third-order valence-corrected chi connectivity index (χ3v) is 4.43. The summed E-state index contributed by atoms with van der Waals surface area (Å²) < 4.78 is 5.51. The molecule has 0 amide bonds. The molecule has 0 spiro atoms. The van der Waals surface area contributed by atoms with E-state index < -0.39 is 11.5 Å². The predicted molar refractivity (Wildman–Crippen MR) is 84.7 cm³/mol. The highest BCUT2D eigenvalue weighted by atomic mass is 16.5. The standard InChI is InChI=1S/C16H32N2O3/c1-4-9-17-16(3,15(19)20)8-6-7-10-18-11-12-21-13-14(18)5-2/h14,17H,4-13H2,1-3H3,(H,19,20). The van der Waals surface area contributed by atoms with Crippen molar-refractivity contribution in [3.05, 3.63) is 0 Å². The van der Waals surface area contributed by atoms with E-state index >= 15 is 0 Å². The van der Waals surface area contributed by atoms with Crippen LogP contribution in [-0.4, -0.2) is 60.4 Å². The van der Waals surface area contributed by atoms with Crippen LogP contribution in [0, 0.1) is 0 Å². The number of nitrogens with one attached hydrogen (secondary N) is 1. The number of hydrogen-bond acceptors (Lipinski definition) is 4. The highest BCUT2D eigenvalue weighted by Gasteiger charge is 2.31. The maximum absolute atomic E-state index is 11.4. The maximum Gasteiger partial charge on any atom is 0.323 e. The van der Waals surface area contributed by atoms with E-state index in [9.17, 15) is 9.90 Å². The van der Waals surface area contributed by atoms with Crippen LogP contribution in [0.4, 0.5) is 0 Å². The number of carboxylic acid groups (broad SMARTS) is 1. The Labute approximate surface area is 129 Å². The molecule has 0 radical (unpaired) electrons. The van der Waals surface area contributed by atoms with Crippen molar-refractivity contribution in [1.82, 2.24) is 10.2 Å². The molecular weight excluding hydrogens is 268 g/mol. The average Bonchev–Trinajstić information content (AvgIpc) is 2.49. The molecule has 0 aromatic heterocycles. The number of morpholine rings is 1. The molecule has 2 N–H and O–H groups in total. The topological polar surface area (TPSA) is 61.8 Å². The molecule has 1 aliphatic rings. The summed E-state index contributed by atoms with van der Waals surface area (Å²) >= 11 is 0. The molecule has 124 valence electrons. The lowest BCUT2D eigenvalue weighted by Gasteiger charge is -2.35. The minimum absolute atomic E-state index is 0.530. The Bertz CT molecular complexity index is 312. The molecule has 5 nitrogen and oxygen atoms in total. The van der Waals surface area contributed by atoms with Gasteiger partial charge in [-0.05, 0) is 52.1 Å². The number of aliphatic carboxylic acids is 1. The van der Waals surface area contributed by atoms with Gasteiger partial charge in [-0.1, -0.05) is 13.8 Å². The number of unbranched alkanes of at least 4 members (excludes halogenated alkanes) is 1. The minimum Gasteiger partial charge on any atom is -0.480 e. The predicted octanol–water partition coefficient (Wildman–Crippen LogP) is 2.11. The Morgan fingerprint density at radius 1 is 1.43 bits per heavy atom. The van der Waals surface area contributed by atoms with E-state index in [1.807, 2.05) is 0 Å². The monoisotopic (exact) mass is 300 g/mol. The van der Waals surface area contributed by atoms with Gasteiger partial charge in [0.15, 0.2) is 0 Å². The van der Waals surface area contributed by atoms with Crippen molar-refractivity contribution in [1.29, 1.82) is 0 Å². The van der Waals surface area contributed by atoms with Gasteiger partial charge in [0, 0.05) is 12.6 Å². The lowest BCUT2D eigenvalue weighted by Crippen LogP contribution is -2.50. The zero-order valence-electron chi connectivity index (χ0n) is 13.9. The lowest BCUT2D eigenvalue weighted by atomic mass is 9.94. The molecule has 1 aliphatic heterocycles. The van der Waals surface area contributed by atoms with Gasteiger partial charge in [-0.2, -0.15) is 0 Å². The second-order valence-corrected chi connectivity index (χ2v) is 6.19. The molecule has 0 aromatic rings. The summed E-state index contributed by atoms with van der Waals surface area (Å²) in [7, 11) is 0. The van der Waals surface area contributed by atoms with Crippen LogP contribution >= 0.6 is 0 Å². The first-order chi connectivity index (χ1) is 10.0. The summed E-state index contributed by atoms with van der Waals surface area (Å²) in [5.41, 5.74) is -0.787. The highest BCUT2D eigenvalue weighted by molar-refractivity contribution is 5.78. The molecular formula is C16H32N2O3. The molecule has 2 atom stereocenters. The first kappa shape index (κ1) is 18.4. The van der Waals surface area contributed by atoms with E-state index in [0.29, 0.717) is 12.5 Å². The SMILES string of the molecule is CCCNC(C)(CCCCN1CCOCC1CC)C(=O)O. The quantitative estimate of drug-likeness (QED) is 0.605. The van der Waals surface area contributed by atoms with Gasteiger partial charge in [0.25, 0.3) is 0 Å². The van der Waals surface area contributed by atoms with Crippen LogP contribution in [0.3, 0.4) is 0 Å². The Kier molecular flexibility index (Phi) is 8.22. The molecule has 0 saturated carbocycles. The Balaban J connectivity index is 2.31. The van der Waals surface area contributed by atoms with Crippen molar-refractivity contribution < 1.29 is 14.6 Å². The summed E-state index contributed by atoms with van der Waals surface area (Å²) in [6, 6.07) is 0.530. The van der Waals surface area contributed by atoms with Crippen LogP contribution in [0.1, 0.15) is 52.9 Å². The van der Waals surface area contributed by atoms with Crippen LogP contribution in [0.5, 0.6) is 0 Å². The fraction of sp³-hybridized carbons (Fsp3) is 0.938. The maximum atomic E-state index is 11.4. The van der Waals surface area contributed by atoms with Gasteiger partial charge < -0.3 is 15.2 Å². The number of carbonyl (C=O) groups is 1. The Morgan fingerprint density at radius 2 is 2.19 bits per heavy atom. The van der Waals surface area contributed by atoms with Gasteiger partial charge in [-0.25, -0.2) is 0 Å². The number of carboxylic acids is 1. The van der Waals surface area contributed by atoms with Crippen molar-refractivity contribution in [2.45, 2.75) is 64.5 Å². The fourth-order valence-electron chi connectivity index (χ4n) is 2.82. The third-order valence-electron chi connectivity index (χ3n) is 4.43. The summed E-state index contributed by atoms with van der Waals surface area (Å²) in [5.74, 6) is -0.742. The zero-order valence-corrected chi connectivity index (χ0v) is 13.9. The second-order valence-electron chi connectivity index (χ2n) is 6.19. The molecule has 1 fully saturated rings. The van der Waals surface area contributed by atoms with Gasteiger partial charge in [0.05, 0.1) is 13.2 Å². The first-order valence-corrected chi connectivity index (χ1v) is 8.33. The highest BCUT2D eigenvalue weighted by Crippen LogP contribution is 2.17. The van der Waals surface area contributed by atoms with Crippen molar-refractivity contribution in [2.75, 3.05) is 32.8 Å². The van der Waals surface area contributed by atoms with E-state index in [2.05, 4.69) is 24.1 Å². The molecule has 1 rings (SSSR count). The van der Waals surface area contributed by atoms with E-state index in [-0.39, 0.29) is 0 Å². The molecule has 2 unspecified atom stereocenters. The largest absolute Gasteiger partial charge is 0.480 e. The smallest absolute Gasteiger partial charge is 0.323 e. The van der Waals surface area contributed by atoms with Crippen LogP contribution in [0.2, 0.25) is 0 Å². The normalized spacial score (nSPS) is 22.9. The van der Waals surface area contributed by atoms with Crippen LogP contribution in [-0.2, 0) is 9.53 Å². The second kappa shape index (κ2) is 9.38. The number of nitrogens with zero attached hydrogens (tertiary/aromatic N) is 1. The van der Waals surface area contributed by atoms with Crippen LogP contribution in [0.15, 0.2) is 0 Å². The average molecular weight is 300 g/mol. The minimum atomic E-state index is -0.787. The lowest BCUT2D eigenvalue weighted by molar-refractivity contribution is -0.144.